The van der Waals surface area contributed by atoms with Gasteiger partial charge in [-0.15, -0.1) is 0 Å². The van der Waals surface area contributed by atoms with Crippen LogP contribution in [-0.2, 0) is 11.3 Å². The highest BCUT2D eigenvalue weighted by Crippen LogP contribution is 2.16. The first-order valence-electron chi connectivity index (χ1n) is 8.66. The number of amides is 1. The maximum atomic E-state index is 13.3. The van der Waals surface area contributed by atoms with Gasteiger partial charge < -0.3 is 10.6 Å². The summed E-state index contributed by atoms with van der Waals surface area (Å²) in [7, 11) is 0. The van der Waals surface area contributed by atoms with Crippen molar-refractivity contribution in [2.24, 2.45) is 0 Å². The fourth-order valence-electron chi connectivity index (χ4n) is 2.62. The highest BCUT2D eigenvalue weighted by molar-refractivity contribution is 5.92. The summed E-state index contributed by atoms with van der Waals surface area (Å²) >= 11 is 0. The Morgan fingerprint density at radius 3 is 2.59 bits per heavy atom. The lowest BCUT2D eigenvalue weighted by Gasteiger charge is -2.09. The second-order valence-electron chi connectivity index (χ2n) is 6.40. The Bertz CT molecular complexity index is 941. The third-order valence-corrected chi connectivity index (χ3v) is 4.07. The normalized spacial score (nSPS) is 10.6. The van der Waals surface area contributed by atoms with Gasteiger partial charge in [-0.1, -0.05) is 29.8 Å². The first-order valence-corrected chi connectivity index (χ1v) is 8.66. The number of nitrogens with one attached hydrogen (secondary N) is 2. The molecule has 0 saturated heterocycles. The van der Waals surface area contributed by atoms with E-state index in [9.17, 15) is 9.18 Å². The van der Waals surface area contributed by atoms with Crippen LogP contribution < -0.4 is 10.6 Å². The zero-order valence-corrected chi connectivity index (χ0v) is 15.3. The maximum Gasteiger partial charge on any atom is 0.238 e. The van der Waals surface area contributed by atoms with E-state index in [0.717, 1.165) is 22.3 Å². The molecule has 5 nitrogen and oxygen atoms in total. The lowest BCUT2D eigenvalue weighted by molar-refractivity contribution is -0.115. The molecule has 2 aromatic carbocycles. The van der Waals surface area contributed by atoms with E-state index < -0.39 is 0 Å². The maximum absolute atomic E-state index is 13.3. The summed E-state index contributed by atoms with van der Waals surface area (Å²) in [6, 6.07) is 12.3. The smallest absolute Gasteiger partial charge is 0.238 e. The Morgan fingerprint density at radius 2 is 1.85 bits per heavy atom. The number of aromatic nitrogens is 2. The minimum absolute atomic E-state index is 0.107. The molecule has 3 aromatic rings. The molecule has 3 rings (SSSR count). The van der Waals surface area contributed by atoms with Gasteiger partial charge in [-0.25, -0.2) is 14.4 Å². The zero-order chi connectivity index (χ0) is 19.2. The van der Waals surface area contributed by atoms with Crippen LogP contribution in [0.5, 0.6) is 0 Å². The van der Waals surface area contributed by atoms with Gasteiger partial charge in [0.1, 0.15) is 5.82 Å². The van der Waals surface area contributed by atoms with Gasteiger partial charge in [0.25, 0.3) is 0 Å². The fourth-order valence-corrected chi connectivity index (χ4v) is 2.62. The summed E-state index contributed by atoms with van der Waals surface area (Å²) in [5, 5.41) is 5.74. The Morgan fingerprint density at radius 1 is 1.07 bits per heavy atom. The number of carbonyl (C=O) groups is 1. The molecule has 1 aromatic heterocycles. The summed E-state index contributed by atoms with van der Waals surface area (Å²) in [4.78, 5) is 20.8. The van der Waals surface area contributed by atoms with Gasteiger partial charge in [0.2, 0.25) is 5.91 Å². The van der Waals surface area contributed by atoms with Crippen LogP contribution in [-0.4, -0.2) is 22.4 Å². The van der Waals surface area contributed by atoms with Crippen LogP contribution in [0.15, 0.2) is 54.9 Å². The minimum atomic E-state index is -0.380. The quantitative estimate of drug-likeness (QED) is 0.701. The first-order chi connectivity index (χ1) is 13.0. The summed E-state index contributed by atoms with van der Waals surface area (Å²) in [6.07, 6.45) is 3.48. The molecule has 0 radical (unpaired) electrons. The van der Waals surface area contributed by atoms with Crippen LogP contribution in [0.25, 0.3) is 11.4 Å². The topological polar surface area (TPSA) is 66.9 Å². The molecule has 0 atom stereocenters. The molecule has 0 aliphatic carbocycles. The third kappa shape index (κ3) is 5.18. The molecule has 0 aliphatic heterocycles. The molecule has 1 heterocycles. The van der Waals surface area contributed by atoms with Crippen molar-refractivity contribution in [3.63, 3.8) is 0 Å². The van der Waals surface area contributed by atoms with Crippen molar-refractivity contribution in [3.8, 4) is 11.4 Å². The SMILES string of the molecule is Cc1cccc(-c2ncc(CNCC(=O)Nc3cc(F)ccc3C)cn2)c1. The number of aryl methyl sites for hydroxylation is 2. The Hall–Kier alpha value is -3.12. The lowest BCUT2D eigenvalue weighted by Crippen LogP contribution is -2.28. The van der Waals surface area contributed by atoms with Gasteiger partial charge in [0.05, 0.1) is 6.54 Å². The average molecular weight is 364 g/mol. The summed E-state index contributed by atoms with van der Waals surface area (Å²) < 4.78 is 13.3. The van der Waals surface area contributed by atoms with Crippen molar-refractivity contribution < 1.29 is 9.18 Å². The molecule has 27 heavy (non-hydrogen) atoms. The Balaban J connectivity index is 1.51. The van der Waals surface area contributed by atoms with E-state index in [1.165, 1.54) is 12.1 Å². The van der Waals surface area contributed by atoms with E-state index in [2.05, 4.69) is 20.6 Å². The van der Waals surface area contributed by atoms with Gasteiger partial charge in [0, 0.05) is 35.8 Å². The highest BCUT2D eigenvalue weighted by atomic mass is 19.1. The summed E-state index contributed by atoms with van der Waals surface area (Å²) in [5.74, 6) is 0.0532. The van der Waals surface area contributed by atoms with E-state index in [1.54, 1.807) is 18.5 Å². The number of hydrogen-bond acceptors (Lipinski definition) is 4. The van der Waals surface area contributed by atoms with Gasteiger partial charge in [0.15, 0.2) is 5.82 Å². The zero-order valence-electron chi connectivity index (χ0n) is 15.3. The largest absolute Gasteiger partial charge is 0.325 e. The van der Waals surface area contributed by atoms with Crippen molar-refractivity contribution in [2.75, 3.05) is 11.9 Å². The number of benzene rings is 2. The van der Waals surface area contributed by atoms with Gasteiger partial charge in [-0.2, -0.15) is 0 Å². The molecule has 0 unspecified atom stereocenters. The van der Waals surface area contributed by atoms with Crippen molar-refractivity contribution in [2.45, 2.75) is 20.4 Å². The molecule has 0 bridgehead atoms. The van der Waals surface area contributed by atoms with E-state index in [1.807, 2.05) is 38.1 Å². The Labute approximate surface area is 157 Å². The van der Waals surface area contributed by atoms with E-state index in [4.69, 9.17) is 0 Å². The first kappa shape index (κ1) is 18.7. The van der Waals surface area contributed by atoms with Crippen molar-refractivity contribution in [3.05, 3.63) is 77.4 Å². The van der Waals surface area contributed by atoms with Crippen LogP contribution in [0, 0.1) is 19.7 Å². The number of carbonyl (C=O) groups excluding carboxylic acids is 1. The molecule has 0 fully saturated rings. The fraction of sp³-hybridized carbons (Fsp3) is 0.190. The van der Waals surface area contributed by atoms with Gasteiger partial charge in [-0.05, 0) is 37.6 Å². The van der Waals surface area contributed by atoms with Crippen LogP contribution >= 0.6 is 0 Å². The number of anilines is 1. The third-order valence-electron chi connectivity index (χ3n) is 4.07. The van der Waals surface area contributed by atoms with Gasteiger partial charge in [-0.3, -0.25) is 4.79 Å². The molecule has 1 amide bonds. The van der Waals surface area contributed by atoms with E-state index >= 15 is 0 Å². The summed E-state index contributed by atoms with van der Waals surface area (Å²) in [6.45, 7) is 4.41. The molecule has 0 aliphatic rings. The molecule has 0 saturated carbocycles. The van der Waals surface area contributed by atoms with Crippen molar-refractivity contribution in [1.82, 2.24) is 15.3 Å². The van der Waals surface area contributed by atoms with Crippen molar-refractivity contribution in [1.29, 1.82) is 0 Å². The monoisotopic (exact) mass is 364 g/mol. The second-order valence-corrected chi connectivity index (χ2v) is 6.40. The van der Waals surface area contributed by atoms with Crippen LogP contribution in [0.3, 0.4) is 0 Å². The van der Waals surface area contributed by atoms with E-state index in [-0.39, 0.29) is 18.3 Å². The number of rotatable bonds is 6. The second kappa shape index (κ2) is 8.51. The molecule has 138 valence electrons. The Kier molecular flexibility index (Phi) is 5.88. The van der Waals surface area contributed by atoms with Crippen LogP contribution in [0.1, 0.15) is 16.7 Å². The van der Waals surface area contributed by atoms with Crippen LogP contribution in [0.2, 0.25) is 0 Å². The van der Waals surface area contributed by atoms with Gasteiger partial charge >= 0.3 is 0 Å². The number of halogens is 1. The average Bonchev–Trinajstić information content (AvgIpc) is 2.65. The standard InChI is InChI=1S/C21H21FN4O/c1-14-4-3-5-17(8-14)21-24-11-16(12-25-21)10-23-13-20(27)26-19-9-18(22)7-6-15(19)2/h3-9,11-12,23H,10,13H2,1-2H3,(H,26,27). The summed E-state index contributed by atoms with van der Waals surface area (Å²) in [5.41, 5.74) is 4.29. The lowest BCUT2D eigenvalue weighted by atomic mass is 10.1. The van der Waals surface area contributed by atoms with E-state index in [0.29, 0.717) is 18.1 Å². The predicted molar refractivity (Wildman–Crippen MR) is 104 cm³/mol. The molecular formula is C21H21FN4O. The minimum Gasteiger partial charge on any atom is -0.325 e. The van der Waals surface area contributed by atoms with Crippen LogP contribution in [0.4, 0.5) is 10.1 Å². The molecule has 2 N–H and O–H groups in total. The molecular weight excluding hydrogens is 343 g/mol. The number of nitrogens with zero attached hydrogens (tertiary/aromatic N) is 2. The molecule has 0 spiro atoms. The van der Waals surface area contributed by atoms with Crippen molar-refractivity contribution >= 4 is 11.6 Å². The number of hydrogen-bond donors (Lipinski definition) is 2. The predicted octanol–water partition coefficient (Wildman–Crippen LogP) is 3.63. The molecule has 6 heteroatoms. The highest BCUT2D eigenvalue weighted by Gasteiger charge is 2.06.